The van der Waals surface area contributed by atoms with Crippen LogP contribution in [0.15, 0.2) is 42.7 Å². The molecule has 1 aromatic carbocycles. The predicted molar refractivity (Wildman–Crippen MR) is 74.3 cm³/mol. The molecule has 2 heteroatoms. The van der Waals surface area contributed by atoms with Gasteiger partial charge in [0.2, 0.25) is 0 Å². The minimum absolute atomic E-state index is 0.769. The predicted octanol–water partition coefficient (Wildman–Crippen LogP) is 3.31. The molecule has 1 fully saturated rings. The van der Waals surface area contributed by atoms with Crippen molar-refractivity contribution in [1.82, 2.24) is 10.3 Å². The molecule has 18 heavy (non-hydrogen) atoms. The van der Waals surface area contributed by atoms with Crippen molar-refractivity contribution in [3.05, 3.63) is 53.9 Å². The lowest BCUT2D eigenvalue weighted by molar-refractivity contribution is 0.687. The first-order valence-electron chi connectivity index (χ1n) is 6.56. The molecule has 0 aliphatic heterocycles. The Kier molecular flexibility index (Phi) is 3.11. The molecule has 1 N–H and O–H groups in total. The number of benzene rings is 1. The third kappa shape index (κ3) is 2.59. The normalized spacial score (nSPS) is 14.7. The summed E-state index contributed by atoms with van der Waals surface area (Å²) in [4.78, 5) is 4.06. The van der Waals surface area contributed by atoms with Crippen LogP contribution in [0.25, 0.3) is 11.1 Å². The van der Waals surface area contributed by atoms with Crippen LogP contribution in [0.1, 0.15) is 24.0 Å². The van der Waals surface area contributed by atoms with Crippen LogP contribution < -0.4 is 5.32 Å². The monoisotopic (exact) mass is 238 g/mol. The molecule has 0 radical (unpaired) electrons. The van der Waals surface area contributed by atoms with Gasteiger partial charge in [0.25, 0.3) is 0 Å². The highest BCUT2D eigenvalue weighted by Gasteiger charge is 2.19. The van der Waals surface area contributed by atoms with E-state index < -0.39 is 0 Å². The van der Waals surface area contributed by atoms with Gasteiger partial charge in [0, 0.05) is 25.0 Å². The van der Waals surface area contributed by atoms with E-state index in [1.807, 2.05) is 12.4 Å². The summed E-state index contributed by atoms with van der Waals surface area (Å²) < 4.78 is 0. The van der Waals surface area contributed by atoms with Gasteiger partial charge in [-0.05, 0) is 54.2 Å². The van der Waals surface area contributed by atoms with E-state index >= 15 is 0 Å². The molecule has 1 aromatic heterocycles. The number of hydrogen-bond donors (Lipinski definition) is 1. The summed E-state index contributed by atoms with van der Waals surface area (Å²) in [5, 5.41) is 3.55. The van der Waals surface area contributed by atoms with Crippen molar-refractivity contribution in [2.24, 2.45) is 0 Å². The number of rotatable bonds is 4. The standard InChI is InChI=1S/C16H18N2/c1-12-10-13(11-18-15-3-4-15)2-5-16(12)14-6-8-17-9-7-14/h2,5-10,15,18H,3-4,11H2,1H3. The molecule has 2 nitrogen and oxygen atoms in total. The maximum atomic E-state index is 4.06. The minimum Gasteiger partial charge on any atom is -0.310 e. The van der Waals surface area contributed by atoms with Crippen molar-refractivity contribution >= 4 is 0 Å². The van der Waals surface area contributed by atoms with Crippen molar-refractivity contribution in [2.45, 2.75) is 32.4 Å². The molecule has 0 saturated heterocycles. The van der Waals surface area contributed by atoms with Gasteiger partial charge in [0.15, 0.2) is 0 Å². The van der Waals surface area contributed by atoms with Crippen LogP contribution in [0, 0.1) is 6.92 Å². The third-order valence-corrected chi connectivity index (χ3v) is 3.45. The van der Waals surface area contributed by atoms with Crippen LogP contribution >= 0.6 is 0 Å². The van der Waals surface area contributed by atoms with Gasteiger partial charge in [0.05, 0.1) is 0 Å². The molecule has 1 heterocycles. The first-order valence-corrected chi connectivity index (χ1v) is 6.56. The highest BCUT2D eigenvalue weighted by Crippen LogP contribution is 2.24. The third-order valence-electron chi connectivity index (χ3n) is 3.45. The number of aromatic nitrogens is 1. The van der Waals surface area contributed by atoms with Gasteiger partial charge in [0.1, 0.15) is 0 Å². The van der Waals surface area contributed by atoms with E-state index in [2.05, 4.69) is 47.6 Å². The molecule has 1 aliphatic carbocycles. The van der Waals surface area contributed by atoms with Gasteiger partial charge in [-0.1, -0.05) is 18.2 Å². The van der Waals surface area contributed by atoms with E-state index in [1.165, 1.54) is 35.1 Å². The van der Waals surface area contributed by atoms with Gasteiger partial charge in [-0.25, -0.2) is 0 Å². The summed E-state index contributed by atoms with van der Waals surface area (Å²) in [7, 11) is 0. The minimum atomic E-state index is 0.769. The van der Waals surface area contributed by atoms with Crippen molar-refractivity contribution in [3.8, 4) is 11.1 Å². The fraction of sp³-hybridized carbons (Fsp3) is 0.312. The number of nitrogens with zero attached hydrogens (tertiary/aromatic N) is 1. The quantitative estimate of drug-likeness (QED) is 0.884. The van der Waals surface area contributed by atoms with Gasteiger partial charge in [-0.3, -0.25) is 4.98 Å². The second kappa shape index (κ2) is 4.91. The average Bonchev–Trinajstić information content (AvgIpc) is 3.21. The first kappa shape index (κ1) is 11.4. The van der Waals surface area contributed by atoms with Crippen LogP contribution in [0.3, 0.4) is 0 Å². The summed E-state index contributed by atoms with van der Waals surface area (Å²) in [5.41, 5.74) is 5.24. The lowest BCUT2D eigenvalue weighted by atomic mass is 9.99. The van der Waals surface area contributed by atoms with Crippen LogP contribution in [0.5, 0.6) is 0 Å². The van der Waals surface area contributed by atoms with Gasteiger partial charge < -0.3 is 5.32 Å². The fourth-order valence-corrected chi connectivity index (χ4v) is 2.24. The first-order chi connectivity index (χ1) is 8.83. The lowest BCUT2D eigenvalue weighted by Gasteiger charge is -2.09. The summed E-state index contributed by atoms with van der Waals surface area (Å²) in [6.45, 7) is 3.17. The second-order valence-electron chi connectivity index (χ2n) is 5.04. The molecule has 0 spiro atoms. The zero-order valence-electron chi connectivity index (χ0n) is 10.7. The Morgan fingerprint density at radius 1 is 1.17 bits per heavy atom. The number of aryl methyl sites for hydroxylation is 1. The summed E-state index contributed by atoms with van der Waals surface area (Å²) in [5.74, 6) is 0. The highest BCUT2D eigenvalue weighted by atomic mass is 14.9. The molecular formula is C16H18N2. The highest BCUT2D eigenvalue weighted by molar-refractivity contribution is 5.66. The van der Waals surface area contributed by atoms with E-state index in [9.17, 15) is 0 Å². The van der Waals surface area contributed by atoms with Gasteiger partial charge >= 0.3 is 0 Å². The largest absolute Gasteiger partial charge is 0.310 e. The molecule has 2 aromatic rings. The Hall–Kier alpha value is -1.67. The van der Waals surface area contributed by atoms with Crippen molar-refractivity contribution in [1.29, 1.82) is 0 Å². The number of hydrogen-bond acceptors (Lipinski definition) is 2. The smallest absolute Gasteiger partial charge is 0.0273 e. The summed E-state index contributed by atoms with van der Waals surface area (Å²) in [6, 6.07) is 11.6. The van der Waals surface area contributed by atoms with Crippen molar-refractivity contribution in [2.75, 3.05) is 0 Å². The molecule has 92 valence electrons. The molecule has 3 rings (SSSR count). The Balaban J connectivity index is 1.80. The molecule has 1 saturated carbocycles. The number of nitrogens with one attached hydrogen (secondary N) is 1. The fourth-order valence-electron chi connectivity index (χ4n) is 2.24. The Labute approximate surface area is 108 Å². The van der Waals surface area contributed by atoms with Crippen molar-refractivity contribution < 1.29 is 0 Å². The zero-order chi connectivity index (χ0) is 12.4. The second-order valence-corrected chi connectivity index (χ2v) is 5.04. The Morgan fingerprint density at radius 2 is 1.94 bits per heavy atom. The Morgan fingerprint density at radius 3 is 2.61 bits per heavy atom. The Bertz CT molecular complexity index is 530. The van der Waals surface area contributed by atoms with Crippen LogP contribution in [0.2, 0.25) is 0 Å². The van der Waals surface area contributed by atoms with Crippen molar-refractivity contribution in [3.63, 3.8) is 0 Å². The van der Waals surface area contributed by atoms with Gasteiger partial charge in [-0.2, -0.15) is 0 Å². The van der Waals surface area contributed by atoms with Crippen LogP contribution in [-0.4, -0.2) is 11.0 Å². The summed E-state index contributed by atoms with van der Waals surface area (Å²) >= 11 is 0. The van der Waals surface area contributed by atoms with E-state index in [-0.39, 0.29) is 0 Å². The van der Waals surface area contributed by atoms with Gasteiger partial charge in [-0.15, -0.1) is 0 Å². The molecule has 0 unspecified atom stereocenters. The zero-order valence-corrected chi connectivity index (χ0v) is 10.7. The average molecular weight is 238 g/mol. The molecule has 0 bridgehead atoms. The molecule has 0 amide bonds. The SMILES string of the molecule is Cc1cc(CNC2CC2)ccc1-c1ccncc1. The molecule has 1 aliphatic rings. The topological polar surface area (TPSA) is 24.9 Å². The number of pyridine rings is 1. The molecule has 0 atom stereocenters. The molecular weight excluding hydrogens is 220 g/mol. The van der Waals surface area contributed by atoms with E-state index in [0.717, 1.165) is 12.6 Å². The maximum absolute atomic E-state index is 4.06. The summed E-state index contributed by atoms with van der Waals surface area (Å²) in [6.07, 6.45) is 6.37. The maximum Gasteiger partial charge on any atom is 0.0273 e. The van der Waals surface area contributed by atoms with E-state index in [0.29, 0.717) is 0 Å². The van der Waals surface area contributed by atoms with E-state index in [1.54, 1.807) is 0 Å². The van der Waals surface area contributed by atoms with Crippen LogP contribution in [-0.2, 0) is 6.54 Å². The lowest BCUT2D eigenvalue weighted by Crippen LogP contribution is -2.15. The van der Waals surface area contributed by atoms with Crippen LogP contribution in [0.4, 0.5) is 0 Å². The van der Waals surface area contributed by atoms with E-state index in [4.69, 9.17) is 0 Å².